The molecule has 0 aliphatic heterocycles. The summed E-state index contributed by atoms with van der Waals surface area (Å²) in [5.41, 5.74) is 7.17. The predicted octanol–water partition coefficient (Wildman–Crippen LogP) is 4.75. The van der Waals surface area contributed by atoms with Gasteiger partial charge in [-0.15, -0.1) is 6.42 Å². The number of carbonyl (C=O) groups is 4. The van der Waals surface area contributed by atoms with E-state index in [9.17, 15) is 19.2 Å². The van der Waals surface area contributed by atoms with Crippen LogP contribution in [0, 0.1) is 26.2 Å². The fourth-order valence-electron chi connectivity index (χ4n) is 4.35. The normalized spacial score (nSPS) is 12.9. The fraction of sp³-hybridized carbons (Fsp3) is 0.438. The minimum Gasteiger partial charge on any atom is -0.444 e. The van der Waals surface area contributed by atoms with Crippen LogP contribution in [0.2, 0.25) is 0 Å². The van der Waals surface area contributed by atoms with Crippen molar-refractivity contribution in [3.63, 3.8) is 0 Å². The van der Waals surface area contributed by atoms with E-state index in [2.05, 4.69) is 16.6 Å². The summed E-state index contributed by atoms with van der Waals surface area (Å²) in [6.45, 7) is 14.3. The topological polar surface area (TPSA) is 131 Å². The van der Waals surface area contributed by atoms with Crippen LogP contribution in [0.1, 0.15) is 82.7 Å². The van der Waals surface area contributed by atoms with Gasteiger partial charge in [0.25, 0.3) is 5.91 Å². The number of alkyl carbamates (subject to hydrolysis) is 1. The number of benzene rings is 2. The van der Waals surface area contributed by atoms with E-state index in [1.54, 1.807) is 45.0 Å². The first-order valence-electron chi connectivity index (χ1n) is 13.6. The SMILES string of the molecule is C#Cc1ccc(C(C(=O)Nc2c(C)cccc2C)N(C(=O)C(CC(N)=O)NC(=O)OC(C)(C)C)C(C)(C)CC)cc1. The summed E-state index contributed by atoms with van der Waals surface area (Å²) < 4.78 is 5.34. The Hall–Kier alpha value is -4.32. The molecule has 0 heterocycles. The average Bonchev–Trinajstić information content (AvgIpc) is 2.87. The Morgan fingerprint density at radius 3 is 2.02 bits per heavy atom. The molecule has 220 valence electrons. The van der Waals surface area contributed by atoms with Crippen molar-refractivity contribution < 1.29 is 23.9 Å². The molecular formula is C32H42N4O5. The zero-order valence-electron chi connectivity index (χ0n) is 25.3. The van der Waals surface area contributed by atoms with Gasteiger partial charge in [-0.05, 0) is 83.7 Å². The molecule has 2 aromatic carbocycles. The first-order chi connectivity index (χ1) is 19.0. The molecule has 0 aromatic heterocycles. The van der Waals surface area contributed by atoms with Gasteiger partial charge in [0, 0.05) is 16.8 Å². The molecule has 2 rings (SSSR count). The van der Waals surface area contributed by atoms with Crippen molar-refractivity contribution in [3.05, 3.63) is 64.7 Å². The Morgan fingerprint density at radius 2 is 1.56 bits per heavy atom. The highest BCUT2D eigenvalue weighted by Crippen LogP contribution is 2.34. The Kier molecular flexibility index (Phi) is 10.7. The van der Waals surface area contributed by atoms with Gasteiger partial charge in [0.2, 0.25) is 11.8 Å². The largest absolute Gasteiger partial charge is 0.444 e. The van der Waals surface area contributed by atoms with E-state index in [1.807, 2.05) is 52.8 Å². The lowest BCUT2D eigenvalue weighted by Crippen LogP contribution is -2.59. The maximum atomic E-state index is 14.3. The van der Waals surface area contributed by atoms with Crippen molar-refractivity contribution in [2.24, 2.45) is 5.73 Å². The Labute approximate surface area is 243 Å². The molecule has 2 atom stereocenters. The smallest absolute Gasteiger partial charge is 0.408 e. The van der Waals surface area contributed by atoms with Gasteiger partial charge in [-0.1, -0.05) is 43.2 Å². The number of carbonyl (C=O) groups excluding carboxylic acids is 4. The number of terminal acetylenes is 1. The number of nitrogens with two attached hydrogens (primary N) is 1. The third kappa shape index (κ3) is 8.84. The van der Waals surface area contributed by atoms with Crippen molar-refractivity contribution in [2.45, 2.75) is 91.5 Å². The average molecular weight is 563 g/mol. The van der Waals surface area contributed by atoms with Gasteiger partial charge in [0.05, 0.1) is 6.42 Å². The number of rotatable bonds is 10. The van der Waals surface area contributed by atoms with E-state index in [4.69, 9.17) is 16.9 Å². The van der Waals surface area contributed by atoms with Crippen LogP contribution in [-0.2, 0) is 19.1 Å². The number of hydrogen-bond donors (Lipinski definition) is 3. The number of para-hydroxylation sites is 1. The third-order valence-electron chi connectivity index (χ3n) is 6.78. The highest BCUT2D eigenvalue weighted by molar-refractivity contribution is 6.00. The summed E-state index contributed by atoms with van der Waals surface area (Å²) in [7, 11) is 0. The van der Waals surface area contributed by atoms with Crippen LogP contribution in [0.3, 0.4) is 0 Å². The maximum absolute atomic E-state index is 14.3. The number of primary amides is 1. The number of amides is 4. The van der Waals surface area contributed by atoms with Crippen molar-refractivity contribution in [1.29, 1.82) is 0 Å². The van der Waals surface area contributed by atoms with Crippen LogP contribution in [0.4, 0.5) is 10.5 Å². The summed E-state index contributed by atoms with van der Waals surface area (Å²) in [4.78, 5) is 54.7. The number of nitrogens with one attached hydrogen (secondary N) is 2. The molecule has 9 heteroatoms. The van der Waals surface area contributed by atoms with Crippen LogP contribution >= 0.6 is 0 Å². The molecule has 0 saturated heterocycles. The van der Waals surface area contributed by atoms with Crippen LogP contribution < -0.4 is 16.4 Å². The summed E-state index contributed by atoms with van der Waals surface area (Å²) in [5.74, 6) is 0.620. The van der Waals surface area contributed by atoms with Gasteiger partial charge >= 0.3 is 6.09 Å². The van der Waals surface area contributed by atoms with Crippen molar-refractivity contribution >= 4 is 29.5 Å². The second-order valence-electron chi connectivity index (χ2n) is 11.7. The van der Waals surface area contributed by atoms with Crippen LogP contribution in [0.15, 0.2) is 42.5 Å². The van der Waals surface area contributed by atoms with Crippen LogP contribution in [0.25, 0.3) is 0 Å². The maximum Gasteiger partial charge on any atom is 0.408 e. The molecule has 4 N–H and O–H groups in total. The lowest BCUT2D eigenvalue weighted by Gasteiger charge is -2.44. The second kappa shape index (κ2) is 13.4. The molecule has 0 aliphatic carbocycles. The zero-order valence-corrected chi connectivity index (χ0v) is 25.3. The second-order valence-corrected chi connectivity index (χ2v) is 11.7. The molecule has 0 bridgehead atoms. The van der Waals surface area contributed by atoms with Crippen molar-refractivity contribution in [3.8, 4) is 12.3 Å². The number of hydrogen-bond acceptors (Lipinski definition) is 5. The summed E-state index contributed by atoms with van der Waals surface area (Å²) >= 11 is 0. The minimum atomic E-state index is -1.38. The van der Waals surface area contributed by atoms with Gasteiger partial charge in [-0.25, -0.2) is 4.79 Å². The summed E-state index contributed by atoms with van der Waals surface area (Å²) in [6.07, 6.45) is 4.63. The molecule has 4 amide bonds. The monoisotopic (exact) mass is 562 g/mol. The molecular weight excluding hydrogens is 520 g/mol. The lowest BCUT2D eigenvalue weighted by atomic mass is 9.91. The van der Waals surface area contributed by atoms with E-state index in [0.29, 0.717) is 23.2 Å². The van der Waals surface area contributed by atoms with E-state index in [1.165, 1.54) is 4.90 Å². The van der Waals surface area contributed by atoms with Gasteiger partial charge < -0.3 is 26.0 Å². The van der Waals surface area contributed by atoms with Gasteiger partial charge in [0.1, 0.15) is 17.7 Å². The van der Waals surface area contributed by atoms with E-state index >= 15 is 0 Å². The van der Waals surface area contributed by atoms with Crippen LogP contribution in [-0.4, -0.2) is 45.9 Å². The zero-order chi connectivity index (χ0) is 31.1. The number of ether oxygens (including phenoxy) is 1. The quantitative estimate of drug-likeness (QED) is 0.360. The highest BCUT2D eigenvalue weighted by Gasteiger charge is 2.43. The Morgan fingerprint density at radius 1 is 1.00 bits per heavy atom. The predicted molar refractivity (Wildman–Crippen MR) is 160 cm³/mol. The summed E-state index contributed by atoms with van der Waals surface area (Å²) in [5, 5.41) is 5.51. The molecule has 0 aliphatic rings. The number of aryl methyl sites for hydroxylation is 2. The van der Waals surface area contributed by atoms with E-state index in [-0.39, 0.29) is 0 Å². The molecule has 0 spiro atoms. The molecule has 41 heavy (non-hydrogen) atoms. The van der Waals surface area contributed by atoms with Gasteiger partial charge in [-0.3, -0.25) is 14.4 Å². The lowest BCUT2D eigenvalue weighted by molar-refractivity contribution is -0.148. The molecule has 2 aromatic rings. The first kappa shape index (κ1) is 32.9. The van der Waals surface area contributed by atoms with Gasteiger partial charge in [-0.2, -0.15) is 0 Å². The van der Waals surface area contributed by atoms with E-state index in [0.717, 1.165) is 11.1 Å². The summed E-state index contributed by atoms with van der Waals surface area (Å²) in [6, 6.07) is 9.89. The van der Waals surface area contributed by atoms with Crippen molar-refractivity contribution in [2.75, 3.05) is 5.32 Å². The molecule has 0 saturated carbocycles. The Bertz CT molecular complexity index is 1300. The molecule has 0 fully saturated rings. The standard InChI is InChI=1S/C32H42N4O5/c1-10-22-15-17-23(18-16-22)27(28(38)35-26-20(3)13-12-14-21(26)4)36(32(8,9)11-2)29(39)24(19-25(33)37)34-30(40)41-31(5,6)7/h1,12-18,24,27H,11,19H2,2-9H3,(H2,33,37)(H,34,40)(H,35,38). The number of nitrogens with zero attached hydrogens (tertiary/aromatic N) is 1. The number of anilines is 1. The fourth-order valence-corrected chi connectivity index (χ4v) is 4.35. The molecule has 2 unspecified atom stereocenters. The highest BCUT2D eigenvalue weighted by atomic mass is 16.6. The van der Waals surface area contributed by atoms with E-state index < -0.39 is 53.5 Å². The molecule has 9 nitrogen and oxygen atoms in total. The van der Waals surface area contributed by atoms with Crippen LogP contribution in [0.5, 0.6) is 0 Å². The van der Waals surface area contributed by atoms with Gasteiger partial charge in [0.15, 0.2) is 0 Å². The van der Waals surface area contributed by atoms with Crippen molar-refractivity contribution in [1.82, 2.24) is 10.2 Å². The first-order valence-corrected chi connectivity index (χ1v) is 13.6. The Balaban J connectivity index is 2.71. The minimum absolute atomic E-state index is 0.448. The third-order valence-corrected chi connectivity index (χ3v) is 6.78. The molecule has 0 radical (unpaired) electrons.